The van der Waals surface area contributed by atoms with Gasteiger partial charge in [-0.3, -0.25) is 0 Å². The smallest absolute Gasteiger partial charge is 0.0434 e. The quantitative estimate of drug-likeness (QED) is 0.339. The summed E-state index contributed by atoms with van der Waals surface area (Å²) in [6, 6.07) is 28.6. The van der Waals surface area contributed by atoms with E-state index in [4.69, 9.17) is 0 Å². The number of hydrogen-bond acceptors (Lipinski definition) is 3. The summed E-state index contributed by atoms with van der Waals surface area (Å²) in [5.41, 5.74) is 8.79. The van der Waals surface area contributed by atoms with E-state index in [2.05, 4.69) is 103 Å². The van der Waals surface area contributed by atoms with E-state index in [1.54, 1.807) is 0 Å². The molecule has 0 atom stereocenters. The molecule has 188 valence electrons. The molecule has 0 saturated carbocycles. The maximum atomic E-state index is 9.61. The fourth-order valence-electron chi connectivity index (χ4n) is 4.71. The summed E-state index contributed by atoms with van der Waals surface area (Å²) >= 11 is 0. The summed E-state index contributed by atoms with van der Waals surface area (Å²) in [4.78, 5) is 5.01. The highest BCUT2D eigenvalue weighted by Crippen LogP contribution is 2.36. The SMILES string of the molecule is CCN1CCN(c2ccc(/C(=C(/CCCO)c3ccccc3)c3ccc(C)cc3)cc2)CC1.Cl.Cl. The molecule has 0 spiro atoms. The summed E-state index contributed by atoms with van der Waals surface area (Å²) in [6.45, 7) is 10.1. The lowest BCUT2D eigenvalue weighted by molar-refractivity contribution is 0.271. The molecule has 1 heterocycles. The number of hydrogen-bond donors (Lipinski definition) is 1. The van der Waals surface area contributed by atoms with Crippen molar-refractivity contribution < 1.29 is 5.11 Å². The van der Waals surface area contributed by atoms with Gasteiger partial charge in [-0.25, -0.2) is 0 Å². The zero-order chi connectivity index (χ0) is 23.0. The second-order valence-electron chi connectivity index (χ2n) is 8.88. The molecule has 1 aliphatic heterocycles. The van der Waals surface area contributed by atoms with Gasteiger partial charge in [0.25, 0.3) is 0 Å². The number of piperazine rings is 1. The number of aliphatic hydroxyl groups is 1. The van der Waals surface area contributed by atoms with Crippen molar-refractivity contribution in [2.75, 3.05) is 44.2 Å². The van der Waals surface area contributed by atoms with Gasteiger partial charge in [0.2, 0.25) is 0 Å². The lowest BCUT2D eigenvalue weighted by Crippen LogP contribution is -2.46. The van der Waals surface area contributed by atoms with Crippen LogP contribution in [-0.4, -0.2) is 49.3 Å². The number of likely N-dealkylation sites (N-methyl/N-ethyl adjacent to an activating group) is 1. The van der Waals surface area contributed by atoms with Gasteiger partial charge in [-0.1, -0.05) is 79.2 Å². The number of aliphatic hydroxyl groups excluding tert-OH is 1. The summed E-state index contributed by atoms with van der Waals surface area (Å²) in [5.74, 6) is 0. The van der Waals surface area contributed by atoms with Gasteiger partial charge in [0.1, 0.15) is 0 Å². The molecule has 1 aliphatic rings. The summed E-state index contributed by atoms with van der Waals surface area (Å²) in [7, 11) is 0. The van der Waals surface area contributed by atoms with Crippen molar-refractivity contribution in [3.8, 4) is 0 Å². The predicted octanol–water partition coefficient (Wildman–Crippen LogP) is 6.71. The molecule has 5 heteroatoms. The molecule has 1 N–H and O–H groups in total. The molecule has 4 rings (SSSR count). The number of nitrogens with zero attached hydrogens (tertiary/aromatic N) is 2. The minimum absolute atomic E-state index is 0. The first-order valence-corrected chi connectivity index (χ1v) is 12.2. The monoisotopic (exact) mass is 512 g/mol. The lowest BCUT2D eigenvalue weighted by Gasteiger charge is -2.35. The highest BCUT2D eigenvalue weighted by Gasteiger charge is 2.17. The Morgan fingerprint density at radius 2 is 1.31 bits per heavy atom. The molecule has 35 heavy (non-hydrogen) atoms. The fraction of sp³-hybridized carbons (Fsp3) is 0.333. The number of allylic oxidation sites excluding steroid dienone is 1. The number of benzene rings is 3. The predicted molar refractivity (Wildman–Crippen MR) is 155 cm³/mol. The fourth-order valence-corrected chi connectivity index (χ4v) is 4.71. The molecule has 1 fully saturated rings. The van der Waals surface area contributed by atoms with Crippen LogP contribution in [0.1, 0.15) is 42.0 Å². The van der Waals surface area contributed by atoms with Crippen LogP contribution in [-0.2, 0) is 0 Å². The maximum Gasteiger partial charge on any atom is 0.0434 e. The first kappa shape index (κ1) is 28.9. The van der Waals surface area contributed by atoms with Crippen molar-refractivity contribution >= 4 is 41.6 Å². The van der Waals surface area contributed by atoms with Crippen molar-refractivity contribution in [2.45, 2.75) is 26.7 Å². The van der Waals surface area contributed by atoms with Crippen molar-refractivity contribution in [3.63, 3.8) is 0 Å². The van der Waals surface area contributed by atoms with Gasteiger partial charge in [-0.05, 0) is 66.3 Å². The van der Waals surface area contributed by atoms with Crippen LogP contribution in [0.5, 0.6) is 0 Å². The number of rotatable bonds is 8. The Kier molecular flexibility index (Phi) is 11.8. The van der Waals surface area contributed by atoms with Gasteiger partial charge in [0, 0.05) is 38.5 Å². The Morgan fingerprint density at radius 1 is 0.743 bits per heavy atom. The molecule has 0 amide bonds. The third-order valence-electron chi connectivity index (χ3n) is 6.69. The zero-order valence-electron chi connectivity index (χ0n) is 20.8. The largest absolute Gasteiger partial charge is 0.396 e. The van der Waals surface area contributed by atoms with Gasteiger partial charge in [0.05, 0.1) is 0 Å². The van der Waals surface area contributed by atoms with Crippen LogP contribution in [0.3, 0.4) is 0 Å². The van der Waals surface area contributed by atoms with Crippen LogP contribution < -0.4 is 4.90 Å². The van der Waals surface area contributed by atoms with Gasteiger partial charge in [-0.15, -0.1) is 24.8 Å². The Balaban J connectivity index is 0.00000216. The lowest BCUT2D eigenvalue weighted by atomic mass is 9.87. The van der Waals surface area contributed by atoms with Crippen LogP contribution >= 0.6 is 24.8 Å². The van der Waals surface area contributed by atoms with Crippen molar-refractivity contribution in [1.29, 1.82) is 0 Å². The number of aryl methyl sites for hydroxylation is 1. The van der Waals surface area contributed by atoms with E-state index in [1.807, 2.05) is 0 Å². The average molecular weight is 514 g/mol. The first-order chi connectivity index (χ1) is 16.2. The summed E-state index contributed by atoms with van der Waals surface area (Å²) in [6.07, 6.45) is 1.59. The maximum absolute atomic E-state index is 9.61. The van der Waals surface area contributed by atoms with Crippen molar-refractivity contribution in [2.24, 2.45) is 0 Å². The van der Waals surface area contributed by atoms with E-state index in [-0.39, 0.29) is 31.4 Å². The standard InChI is InChI=1S/C30H36N2O.2ClH/c1-3-31-19-21-32(22-20-31)28-17-15-27(16-18-28)30(26-13-11-24(2)12-14-26)29(10-7-23-33)25-8-5-4-6-9-25;;/h4-6,8-9,11-18,33H,3,7,10,19-23H2,1-2H3;2*1H/b30-29-;;. The number of anilines is 1. The molecule has 3 aromatic carbocycles. The third-order valence-corrected chi connectivity index (χ3v) is 6.69. The van der Waals surface area contributed by atoms with Crippen LogP contribution in [0, 0.1) is 6.92 Å². The minimum atomic E-state index is 0. The summed E-state index contributed by atoms with van der Waals surface area (Å²) < 4.78 is 0. The highest BCUT2D eigenvalue weighted by atomic mass is 35.5. The van der Waals surface area contributed by atoms with Crippen LogP contribution in [0.25, 0.3) is 11.1 Å². The van der Waals surface area contributed by atoms with Crippen LogP contribution in [0.2, 0.25) is 0 Å². The molecule has 0 aromatic heterocycles. The molecule has 0 bridgehead atoms. The molecule has 0 aliphatic carbocycles. The molecule has 1 saturated heterocycles. The Morgan fingerprint density at radius 3 is 1.86 bits per heavy atom. The molecule has 0 radical (unpaired) electrons. The van der Waals surface area contributed by atoms with Crippen molar-refractivity contribution in [3.05, 3.63) is 101 Å². The molecule has 0 unspecified atom stereocenters. The topological polar surface area (TPSA) is 26.7 Å². The van der Waals surface area contributed by atoms with Crippen LogP contribution in [0.15, 0.2) is 78.9 Å². The minimum Gasteiger partial charge on any atom is -0.396 e. The molecular weight excluding hydrogens is 475 g/mol. The molecular formula is C30H38Cl2N2O. The first-order valence-electron chi connectivity index (χ1n) is 12.2. The second-order valence-corrected chi connectivity index (χ2v) is 8.88. The van der Waals surface area contributed by atoms with Gasteiger partial charge in [0.15, 0.2) is 0 Å². The van der Waals surface area contributed by atoms with Gasteiger partial charge in [-0.2, -0.15) is 0 Å². The average Bonchev–Trinajstić information content (AvgIpc) is 2.88. The number of halogens is 2. The van der Waals surface area contributed by atoms with Gasteiger partial charge >= 0.3 is 0 Å². The zero-order valence-corrected chi connectivity index (χ0v) is 22.5. The second kappa shape index (κ2) is 14.3. The highest BCUT2D eigenvalue weighted by molar-refractivity contribution is 5.98. The van der Waals surface area contributed by atoms with Crippen molar-refractivity contribution in [1.82, 2.24) is 4.90 Å². The normalized spacial score (nSPS) is 14.5. The Bertz CT molecular complexity index is 1040. The van der Waals surface area contributed by atoms with E-state index in [1.165, 1.54) is 39.1 Å². The van der Waals surface area contributed by atoms with E-state index in [0.29, 0.717) is 0 Å². The van der Waals surface area contributed by atoms with E-state index in [0.717, 1.165) is 45.6 Å². The third kappa shape index (κ3) is 7.35. The van der Waals surface area contributed by atoms with E-state index < -0.39 is 0 Å². The van der Waals surface area contributed by atoms with E-state index in [9.17, 15) is 5.11 Å². The van der Waals surface area contributed by atoms with Crippen LogP contribution in [0.4, 0.5) is 5.69 Å². The van der Waals surface area contributed by atoms with E-state index >= 15 is 0 Å². The molecule has 3 aromatic rings. The molecule has 3 nitrogen and oxygen atoms in total. The Labute approximate surface area is 223 Å². The Hall–Kier alpha value is -2.30. The summed E-state index contributed by atoms with van der Waals surface area (Å²) in [5, 5.41) is 9.61. The van der Waals surface area contributed by atoms with Gasteiger partial charge < -0.3 is 14.9 Å².